The Labute approximate surface area is 200 Å². The molecule has 0 saturated carbocycles. The second-order valence-corrected chi connectivity index (χ2v) is 9.43. The van der Waals surface area contributed by atoms with Gasteiger partial charge in [-0.3, -0.25) is 9.36 Å². The first kappa shape index (κ1) is 22.1. The summed E-state index contributed by atoms with van der Waals surface area (Å²) in [4.78, 5) is 31.9. The number of hydrogen-bond donors (Lipinski definition) is 0. The van der Waals surface area contributed by atoms with Crippen LogP contribution in [0.5, 0.6) is 0 Å². The van der Waals surface area contributed by atoms with Crippen LogP contribution in [0.3, 0.4) is 0 Å². The predicted molar refractivity (Wildman–Crippen MR) is 134 cm³/mol. The Morgan fingerprint density at radius 1 is 1.15 bits per heavy atom. The number of aromatic nitrogens is 2. The van der Waals surface area contributed by atoms with E-state index in [0.29, 0.717) is 20.6 Å². The molecule has 0 aliphatic carbocycles. The van der Waals surface area contributed by atoms with E-state index in [1.807, 2.05) is 62.6 Å². The Hall–Kier alpha value is -3.71. The zero-order valence-corrected chi connectivity index (χ0v) is 20.3. The maximum Gasteiger partial charge on any atom is 0.338 e. The van der Waals surface area contributed by atoms with Crippen molar-refractivity contribution in [3.63, 3.8) is 0 Å². The molecule has 7 heteroatoms. The van der Waals surface area contributed by atoms with Crippen molar-refractivity contribution in [2.24, 2.45) is 12.0 Å². The third kappa shape index (κ3) is 3.62. The van der Waals surface area contributed by atoms with Crippen molar-refractivity contribution in [3.05, 3.63) is 102 Å². The van der Waals surface area contributed by atoms with Crippen LogP contribution in [0.4, 0.5) is 0 Å². The number of nitrogens with zero attached hydrogens (tertiary/aromatic N) is 3. The summed E-state index contributed by atoms with van der Waals surface area (Å²) >= 11 is 1.34. The van der Waals surface area contributed by atoms with Crippen molar-refractivity contribution in [3.8, 4) is 0 Å². The molecule has 0 fully saturated rings. The van der Waals surface area contributed by atoms with Crippen LogP contribution < -0.4 is 14.9 Å². The molecule has 172 valence electrons. The molecular weight excluding hydrogens is 446 g/mol. The van der Waals surface area contributed by atoms with Crippen molar-refractivity contribution in [1.82, 2.24) is 9.13 Å². The number of rotatable bonds is 4. The monoisotopic (exact) mass is 471 g/mol. The highest BCUT2D eigenvalue weighted by molar-refractivity contribution is 7.07. The Morgan fingerprint density at radius 3 is 2.62 bits per heavy atom. The van der Waals surface area contributed by atoms with Crippen molar-refractivity contribution >= 4 is 34.3 Å². The first-order valence-corrected chi connectivity index (χ1v) is 12.0. The molecule has 1 atom stereocenters. The zero-order valence-electron chi connectivity index (χ0n) is 19.5. The lowest BCUT2D eigenvalue weighted by Crippen LogP contribution is -2.39. The lowest BCUT2D eigenvalue weighted by molar-refractivity contribution is -0.139. The topological polar surface area (TPSA) is 65.6 Å². The van der Waals surface area contributed by atoms with Gasteiger partial charge in [0.1, 0.15) is 0 Å². The Kier molecular flexibility index (Phi) is 5.57. The van der Waals surface area contributed by atoms with E-state index < -0.39 is 12.0 Å². The number of benzene rings is 2. The summed E-state index contributed by atoms with van der Waals surface area (Å²) in [6.45, 7) is 5.83. The van der Waals surface area contributed by atoms with E-state index in [-0.39, 0.29) is 12.2 Å². The molecule has 3 heterocycles. The highest BCUT2D eigenvalue weighted by atomic mass is 32.1. The summed E-state index contributed by atoms with van der Waals surface area (Å²) in [5.74, 6) is -0.447. The largest absolute Gasteiger partial charge is 0.463 e. The van der Waals surface area contributed by atoms with Crippen molar-refractivity contribution in [1.29, 1.82) is 0 Å². The van der Waals surface area contributed by atoms with E-state index in [1.165, 1.54) is 11.3 Å². The van der Waals surface area contributed by atoms with Crippen LogP contribution in [0, 0.1) is 6.92 Å². The van der Waals surface area contributed by atoms with E-state index in [9.17, 15) is 9.59 Å². The highest BCUT2D eigenvalue weighted by Gasteiger charge is 2.33. The van der Waals surface area contributed by atoms with Gasteiger partial charge in [-0.05, 0) is 38.5 Å². The average molecular weight is 472 g/mol. The number of esters is 1. The molecule has 2 aromatic heterocycles. The van der Waals surface area contributed by atoms with Gasteiger partial charge in [0.25, 0.3) is 5.56 Å². The summed E-state index contributed by atoms with van der Waals surface area (Å²) in [6.07, 6.45) is 3.94. The van der Waals surface area contributed by atoms with Crippen LogP contribution in [0.1, 0.15) is 36.6 Å². The maximum absolute atomic E-state index is 13.7. The second kappa shape index (κ2) is 8.57. The quantitative estimate of drug-likeness (QED) is 0.427. The number of hydrogen-bond acceptors (Lipinski definition) is 5. The molecule has 0 spiro atoms. The van der Waals surface area contributed by atoms with Gasteiger partial charge in [-0.2, -0.15) is 0 Å². The third-order valence-corrected chi connectivity index (χ3v) is 7.11. The number of fused-ring (bicyclic) bond motifs is 2. The van der Waals surface area contributed by atoms with Gasteiger partial charge < -0.3 is 9.30 Å². The molecule has 0 amide bonds. The van der Waals surface area contributed by atoms with Gasteiger partial charge in [-0.1, -0.05) is 59.4 Å². The molecule has 0 saturated heterocycles. The molecule has 6 nitrogen and oxygen atoms in total. The Morgan fingerprint density at radius 2 is 1.88 bits per heavy atom. The molecule has 0 radical (unpaired) electrons. The molecule has 34 heavy (non-hydrogen) atoms. The van der Waals surface area contributed by atoms with Crippen LogP contribution >= 0.6 is 11.3 Å². The van der Waals surface area contributed by atoms with Gasteiger partial charge in [0.15, 0.2) is 4.80 Å². The number of thiazole rings is 1. The summed E-state index contributed by atoms with van der Waals surface area (Å²) in [7, 11) is 1.99. The summed E-state index contributed by atoms with van der Waals surface area (Å²) in [6, 6.07) is 15.4. The number of ether oxygens (including phenoxy) is 1. The third-order valence-electron chi connectivity index (χ3n) is 6.12. The highest BCUT2D eigenvalue weighted by Crippen LogP contribution is 2.31. The minimum Gasteiger partial charge on any atom is -0.463 e. The number of carbonyl (C=O) groups is 1. The van der Waals surface area contributed by atoms with E-state index >= 15 is 0 Å². The summed E-state index contributed by atoms with van der Waals surface area (Å²) in [5.41, 5.74) is 4.82. The summed E-state index contributed by atoms with van der Waals surface area (Å²) in [5, 5.41) is 1.08. The van der Waals surface area contributed by atoms with Gasteiger partial charge >= 0.3 is 5.97 Å². The van der Waals surface area contributed by atoms with Gasteiger partial charge in [0.2, 0.25) is 0 Å². The lowest BCUT2D eigenvalue weighted by Gasteiger charge is -2.24. The average Bonchev–Trinajstić information content (AvgIpc) is 3.30. The molecule has 2 aromatic carbocycles. The number of para-hydroxylation sites is 1. The smallest absolute Gasteiger partial charge is 0.338 e. The van der Waals surface area contributed by atoms with Crippen molar-refractivity contribution in [2.45, 2.75) is 26.8 Å². The van der Waals surface area contributed by atoms with E-state index in [0.717, 1.165) is 27.6 Å². The molecule has 4 aromatic rings. The van der Waals surface area contributed by atoms with Crippen LogP contribution in [0.2, 0.25) is 0 Å². The maximum atomic E-state index is 13.7. The fourth-order valence-electron chi connectivity index (χ4n) is 4.48. The van der Waals surface area contributed by atoms with E-state index in [1.54, 1.807) is 18.4 Å². The lowest BCUT2D eigenvalue weighted by atomic mass is 9.95. The van der Waals surface area contributed by atoms with E-state index in [4.69, 9.17) is 4.74 Å². The molecule has 0 unspecified atom stereocenters. The Balaban J connectivity index is 1.75. The zero-order chi connectivity index (χ0) is 24.0. The molecular formula is C27H25N3O3S. The van der Waals surface area contributed by atoms with Crippen LogP contribution in [-0.4, -0.2) is 21.7 Å². The molecule has 0 N–H and O–H groups in total. The molecule has 5 rings (SSSR count). The van der Waals surface area contributed by atoms with Crippen molar-refractivity contribution < 1.29 is 9.53 Å². The predicted octanol–water partition coefficient (Wildman–Crippen LogP) is 3.60. The second-order valence-electron chi connectivity index (χ2n) is 8.43. The summed E-state index contributed by atoms with van der Waals surface area (Å²) < 4.78 is 9.61. The first-order chi connectivity index (χ1) is 16.4. The SMILES string of the molecule is CCOC(=O)C1=C(C)N=c2s/c(=C\c3cn(C)c4ccccc34)c(=O)n2[C@H]1c1ccc(C)cc1. The van der Waals surface area contributed by atoms with Gasteiger partial charge in [0.05, 0.1) is 28.5 Å². The number of aryl methyl sites for hydroxylation is 2. The van der Waals surface area contributed by atoms with Gasteiger partial charge in [-0.15, -0.1) is 0 Å². The fraction of sp³-hybridized carbons (Fsp3) is 0.222. The van der Waals surface area contributed by atoms with Crippen LogP contribution in [-0.2, 0) is 16.6 Å². The van der Waals surface area contributed by atoms with Crippen molar-refractivity contribution in [2.75, 3.05) is 6.61 Å². The Bertz CT molecular complexity index is 1640. The minimum absolute atomic E-state index is 0.170. The van der Waals surface area contributed by atoms with Gasteiger partial charge in [0, 0.05) is 29.7 Å². The van der Waals surface area contributed by atoms with Gasteiger partial charge in [-0.25, -0.2) is 9.79 Å². The minimum atomic E-state index is -0.592. The molecule has 1 aliphatic heterocycles. The number of allylic oxidation sites excluding steroid dienone is 1. The molecule has 1 aliphatic rings. The van der Waals surface area contributed by atoms with Crippen LogP contribution in [0.15, 0.2) is 75.8 Å². The van der Waals surface area contributed by atoms with E-state index in [2.05, 4.69) is 21.7 Å². The normalized spacial score (nSPS) is 16.0. The van der Waals surface area contributed by atoms with Crippen LogP contribution in [0.25, 0.3) is 17.0 Å². The molecule has 0 bridgehead atoms. The standard InChI is InChI=1S/C27H25N3O3S/c1-5-33-26(32)23-17(3)28-27-30(24(23)18-12-10-16(2)11-13-18)25(31)22(34-27)14-19-15-29(4)21-9-7-6-8-20(19)21/h6-15,24H,5H2,1-4H3/b22-14-/t24-/m0/s1. The number of carbonyl (C=O) groups excluding carboxylic acids is 1. The first-order valence-electron chi connectivity index (χ1n) is 11.2. The fourth-order valence-corrected chi connectivity index (χ4v) is 5.52.